The Labute approximate surface area is 192 Å². The van der Waals surface area contributed by atoms with Gasteiger partial charge in [0.1, 0.15) is 29.7 Å². The number of hydrogen-bond donors (Lipinski definition) is 2. The van der Waals surface area contributed by atoms with Gasteiger partial charge in [-0.25, -0.2) is 28.3 Å². The fraction of sp³-hybridized carbons (Fsp3) is 0.136. The summed E-state index contributed by atoms with van der Waals surface area (Å²) in [6, 6.07) is 9.78. The smallest absolute Gasteiger partial charge is 0.404 e. The second kappa shape index (κ2) is 10.2. The van der Waals surface area contributed by atoms with E-state index in [1.165, 1.54) is 13.2 Å². The molecule has 3 rings (SSSR count). The predicted octanol–water partition coefficient (Wildman–Crippen LogP) is 4.64. The van der Waals surface area contributed by atoms with Gasteiger partial charge >= 0.3 is 12.1 Å². The van der Waals surface area contributed by atoms with Crippen molar-refractivity contribution in [3.05, 3.63) is 76.3 Å². The zero-order chi connectivity index (χ0) is 24.1. The van der Waals surface area contributed by atoms with Crippen LogP contribution in [-0.4, -0.2) is 24.2 Å². The van der Waals surface area contributed by atoms with Crippen molar-refractivity contribution in [2.24, 2.45) is 11.5 Å². The number of para-hydroxylation sites is 1. The quantitative estimate of drug-likeness (QED) is 0.514. The first-order valence-corrected chi connectivity index (χ1v) is 9.84. The summed E-state index contributed by atoms with van der Waals surface area (Å²) >= 11 is 6.31. The lowest BCUT2D eigenvalue weighted by Gasteiger charge is -2.22. The number of ether oxygens (including phenoxy) is 2. The first kappa shape index (κ1) is 23.9. The number of halogens is 3. The number of rotatable bonds is 7. The molecule has 3 amide bonds. The minimum Gasteiger partial charge on any atom is -0.445 e. The molecule has 172 valence electrons. The van der Waals surface area contributed by atoms with Crippen LogP contribution in [0, 0.1) is 11.6 Å². The molecule has 4 N–H and O–H groups in total. The molecule has 0 aliphatic carbocycles. The van der Waals surface area contributed by atoms with Crippen LogP contribution in [0.15, 0.2) is 48.5 Å². The number of anilines is 2. The molecule has 0 unspecified atom stereocenters. The molecule has 0 atom stereocenters. The number of amides is 3. The lowest BCUT2D eigenvalue weighted by molar-refractivity contribution is 0.150. The zero-order valence-corrected chi connectivity index (χ0v) is 18.1. The largest absolute Gasteiger partial charge is 0.445 e. The molecule has 0 radical (unpaired) electrons. The molecule has 8 nitrogen and oxygen atoms in total. The van der Waals surface area contributed by atoms with Gasteiger partial charge in [-0.1, -0.05) is 29.8 Å². The molecule has 0 spiro atoms. The van der Waals surface area contributed by atoms with E-state index in [1.54, 1.807) is 24.3 Å². The van der Waals surface area contributed by atoms with Gasteiger partial charge in [0, 0.05) is 23.3 Å². The van der Waals surface area contributed by atoms with Crippen molar-refractivity contribution in [2.75, 3.05) is 12.0 Å². The van der Waals surface area contributed by atoms with Crippen molar-refractivity contribution in [1.82, 2.24) is 4.98 Å². The second-order valence-electron chi connectivity index (χ2n) is 6.77. The Morgan fingerprint density at radius 1 is 1.06 bits per heavy atom. The molecule has 0 aliphatic rings. The van der Waals surface area contributed by atoms with Crippen LogP contribution in [0.1, 0.15) is 11.1 Å². The fourth-order valence-electron chi connectivity index (χ4n) is 3.19. The number of pyridine rings is 1. The van der Waals surface area contributed by atoms with Gasteiger partial charge in [-0.3, -0.25) is 0 Å². The molecule has 33 heavy (non-hydrogen) atoms. The van der Waals surface area contributed by atoms with Crippen molar-refractivity contribution >= 4 is 35.2 Å². The molecular formula is C22H19ClF2N4O4. The molecule has 3 aromatic rings. The summed E-state index contributed by atoms with van der Waals surface area (Å²) in [7, 11) is 1.48. The van der Waals surface area contributed by atoms with E-state index in [0.29, 0.717) is 26.6 Å². The Hall–Kier alpha value is -3.76. The van der Waals surface area contributed by atoms with Gasteiger partial charge in [-0.15, -0.1) is 0 Å². The summed E-state index contributed by atoms with van der Waals surface area (Å²) in [5.41, 5.74) is 11.5. The Morgan fingerprint density at radius 3 is 2.33 bits per heavy atom. The number of benzene rings is 2. The summed E-state index contributed by atoms with van der Waals surface area (Å²) in [5, 5.41) is 0.392. The van der Waals surface area contributed by atoms with Crippen molar-refractivity contribution in [1.29, 1.82) is 0 Å². The third-order valence-electron chi connectivity index (χ3n) is 4.55. The average molecular weight is 477 g/mol. The number of carbonyl (C=O) groups is 2. The van der Waals surface area contributed by atoms with Crippen molar-refractivity contribution < 1.29 is 27.8 Å². The number of aromatic nitrogens is 1. The molecular weight excluding hydrogens is 458 g/mol. The Morgan fingerprint density at radius 2 is 1.73 bits per heavy atom. The monoisotopic (exact) mass is 476 g/mol. The lowest BCUT2D eigenvalue weighted by atomic mass is 10.0. The average Bonchev–Trinajstić information content (AvgIpc) is 2.76. The first-order chi connectivity index (χ1) is 15.7. The van der Waals surface area contributed by atoms with Crippen LogP contribution in [0.5, 0.6) is 0 Å². The molecule has 11 heteroatoms. The minimum absolute atomic E-state index is 0.134. The van der Waals surface area contributed by atoms with E-state index < -0.39 is 29.4 Å². The molecule has 2 aromatic carbocycles. The maximum atomic E-state index is 14.5. The summed E-state index contributed by atoms with van der Waals surface area (Å²) in [4.78, 5) is 28.4. The third-order valence-corrected chi connectivity index (χ3v) is 4.90. The van der Waals surface area contributed by atoms with E-state index in [1.807, 2.05) is 0 Å². The molecule has 0 saturated heterocycles. The summed E-state index contributed by atoms with van der Waals surface area (Å²) in [6.07, 6.45) is -1.04. The highest BCUT2D eigenvalue weighted by molar-refractivity contribution is 6.31. The van der Waals surface area contributed by atoms with Crippen LogP contribution < -0.4 is 16.4 Å². The van der Waals surface area contributed by atoms with Gasteiger partial charge in [-0.05, 0) is 35.9 Å². The number of nitrogens with two attached hydrogens (primary N) is 2. The van der Waals surface area contributed by atoms with Gasteiger partial charge in [0.25, 0.3) is 0 Å². The van der Waals surface area contributed by atoms with Crippen LogP contribution in [0.4, 0.5) is 29.9 Å². The summed E-state index contributed by atoms with van der Waals surface area (Å²) < 4.78 is 39.1. The van der Waals surface area contributed by atoms with Crippen molar-refractivity contribution in [3.63, 3.8) is 0 Å². The van der Waals surface area contributed by atoms with E-state index >= 15 is 0 Å². The lowest BCUT2D eigenvalue weighted by Crippen LogP contribution is -2.33. The minimum atomic E-state index is -1.19. The first-order valence-electron chi connectivity index (χ1n) is 9.46. The van der Waals surface area contributed by atoms with Crippen LogP contribution in [-0.2, 0) is 22.7 Å². The summed E-state index contributed by atoms with van der Waals surface area (Å²) in [5.74, 6) is -2.27. The molecule has 0 fully saturated rings. The molecule has 0 bridgehead atoms. The van der Waals surface area contributed by atoms with Gasteiger partial charge < -0.3 is 20.9 Å². The molecule has 0 saturated carbocycles. The fourth-order valence-corrected chi connectivity index (χ4v) is 3.42. The molecule has 1 aromatic heterocycles. The zero-order valence-electron chi connectivity index (χ0n) is 17.3. The highest BCUT2D eigenvalue weighted by atomic mass is 35.5. The normalized spacial score (nSPS) is 10.7. The number of hydrogen-bond acceptors (Lipinski definition) is 5. The maximum Gasteiger partial charge on any atom is 0.404 e. The summed E-state index contributed by atoms with van der Waals surface area (Å²) in [6.45, 7) is -0.167. The van der Waals surface area contributed by atoms with Crippen molar-refractivity contribution in [2.45, 2.75) is 13.2 Å². The van der Waals surface area contributed by atoms with Crippen molar-refractivity contribution in [3.8, 4) is 11.3 Å². The van der Waals surface area contributed by atoms with Gasteiger partial charge in [0.15, 0.2) is 0 Å². The second-order valence-corrected chi connectivity index (χ2v) is 7.18. The third kappa shape index (κ3) is 5.36. The molecule has 1 heterocycles. The van der Waals surface area contributed by atoms with Crippen LogP contribution >= 0.6 is 11.6 Å². The van der Waals surface area contributed by atoms with E-state index in [-0.39, 0.29) is 24.7 Å². The predicted molar refractivity (Wildman–Crippen MR) is 118 cm³/mol. The number of methoxy groups -OCH3 is 1. The van der Waals surface area contributed by atoms with Crippen LogP contribution in [0.25, 0.3) is 11.3 Å². The Bertz CT molecular complexity index is 1190. The molecule has 0 aliphatic heterocycles. The highest BCUT2D eigenvalue weighted by Crippen LogP contribution is 2.34. The Kier molecular flexibility index (Phi) is 7.41. The standard InChI is InChI=1S/C22H19ClF2N4O4/c1-32-11-14-13(4-2-5-15(14)23)18-8-12(10-33-22(27)31)9-19(28-18)29(21(26)30)20-16(24)6-3-7-17(20)25/h2-9H,10-11H2,1H3,(H2,26,30)(H2,27,31). The highest BCUT2D eigenvalue weighted by Gasteiger charge is 2.25. The number of urea groups is 1. The number of primary amides is 2. The van der Waals surface area contributed by atoms with Gasteiger partial charge in [0.2, 0.25) is 0 Å². The van der Waals surface area contributed by atoms with E-state index in [4.69, 9.17) is 32.5 Å². The van der Waals surface area contributed by atoms with E-state index in [2.05, 4.69) is 4.98 Å². The van der Waals surface area contributed by atoms with Gasteiger partial charge in [-0.2, -0.15) is 0 Å². The topological polar surface area (TPSA) is 121 Å². The van der Waals surface area contributed by atoms with Gasteiger partial charge in [0.05, 0.1) is 12.3 Å². The van der Waals surface area contributed by atoms with Crippen LogP contribution in [0.3, 0.4) is 0 Å². The van der Waals surface area contributed by atoms with E-state index in [0.717, 1.165) is 18.2 Å². The Balaban J connectivity index is 2.26. The number of carbonyl (C=O) groups excluding carboxylic acids is 2. The van der Waals surface area contributed by atoms with E-state index in [9.17, 15) is 18.4 Å². The maximum absolute atomic E-state index is 14.5. The SMILES string of the molecule is COCc1c(Cl)cccc1-c1cc(COC(N)=O)cc(N(C(N)=O)c2c(F)cccc2F)n1. The van der Waals surface area contributed by atoms with Crippen LogP contribution in [0.2, 0.25) is 5.02 Å². The number of nitrogens with zero attached hydrogens (tertiary/aromatic N) is 2.